The van der Waals surface area contributed by atoms with Gasteiger partial charge in [0.1, 0.15) is 0 Å². The Bertz CT molecular complexity index is 747. The van der Waals surface area contributed by atoms with Crippen molar-refractivity contribution in [3.63, 3.8) is 0 Å². The highest BCUT2D eigenvalue weighted by molar-refractivity contribution is 8.00. The van der Waals surface area contributed by atoms with E-state index in [0.717, 1.165) is 24.2 Å². The van der Waals surface area contributed by atoms with Crippen LogP contribution in [0.5, 0.6) is 11.5 Å². The predicted molar refractivity (Wildman–Crippen MR) is 101 cm³/mol. The first-order valence-corrected chi connectivity index (χ1v) is 9.42. The molecule has 1 N–H and O–H groups in total. The number of thioether (sulfide) groups is 1. The minimum atomic E-state index is 0.0569. The standard InChI is InChI=1S/C20H23NO3S/c1-23-18-11-10-15(12-19(18)24-2)25-13-20(22)21-17-9-5-7-14-6-3-4-8-16(14)17/h3-4,6,8,10-12,17H,5,7,9,13H2,1-2H3,(H,21,22)/t17-/m0/s1. The van der Waals surface area contributed by atoms with Crippen molar-refractivity contribution in [3.05, 3.63) is 53.6 Å². The fourth-order valence-electron chi connectivity index (χ4n) is 3.20. The Morgan fingerprint density at radius 3 is 2.76 bits per heavy atom. The zero-order chi connectivity index (χ0) is 17.6. The van der Waals surface area contributed by atoms with Gasteiger partial charge in [-0.05, 0) is 48.6 Å². The maximum atomic E-state index is 12.4. The number of hydrogen-bond acceptors (Lipinski definition) is 4. The maximum absolute atomic E-state index is 12.4. The number of amides is 1. The van der Waals surface area contributed by atoms with Gasteiger partial charge in [-0.3, -0.25) is 4.79 Å². The fourth-order valence-corrected chi connectivity index (χ4v) is 3.93. The summed E-state index contributed by atoms with van der Waals surface area (Å²) in [4.78, 5) is 13.4. The van der Waals surface area contributed by atoms with Gasteiger partial charge in [-0.15, -0.1) is 11.8 Å². The van der Waals surface area contributed by atoms with Gasteiger partial charge in [-0.2, -0.15) is 0 Å². The quantitative estimate of drug-likeness (QED) is 0.794. The van der Waals surface area contributed by atoms with Crippen LogP contribution >= 0.6 is 11.8 Å². The molecule has 1 aliphatic rings. The molecule has 0 radical (unpaired) electrons. The molecule has 3 rings (SSSR count). The van der Waals surface area contributed by atoms with Crippen LogP contribution in [0.4, 0.5) is 0 Å². The Labute approximate surface area is 152 Å². The second kappa shape index (κ2) is 8.30. The molecule has 0 bridgehead atoms. The van der Waals surface area contributed by atoms with Gasteiger partial charge < -0.3 is 14.8 Å². The summed E-state index contributed by atoms with van der Waals surface area (Å²) >= 11 is 1.50. The third kappa shape index (κ3) is 4.28. The van der Waals surface area contributed by atoms with Crippen molar-refractivity contribution in [2.24, 2.45) is 0 Å². The smallest absolute Gasteiger partial charge is 0.230 e. The summed E-state index contributed by atoms with van der Waals surface area (Å²) in [5.41, 5.74) is 2.62. The van der Waals surface area contributed by atoms with E-state index in [1.54, 1.807) is 14.2 Å². The molecule has 2 aromatic rings. The van der Waals surface area contributed by atoms with Gasteiger partial charge in [-0.25, -0.2) is 0 Å². The highest BCUT2D eigenvalue weighted by Crippen LogP contribution is 2.32. The van der Waals surface area contributed by atoms with Crippen molar-refractivity contribution < 1.29 is 14.3 Å². The van der Waals surface area contributed by atoms with Crippen LogP contribution in [0.15, 0.2) is 47.4 Å². The SMILES string of the molecule is COc1ccc(SCC(=O)N[C@H]2CCCc3ccccc32)cc1OC. The van der Waals surface area contributed by atoms with E-state index in [2.05, 4.69) is 23.5 Å². The third-order valence-electron chi connectivity index (χ3n) is 4.43. The van der Waals surface area contributed by atoms with E-state index in [0.29, 0.717) is 17.3 Å². The molecule has 1 amide bonds. The Balaban J connectivity index is 1.59. The molecule has 0 unspecified atom stereocenters. The lowest BCUT2D eigenvalue weighted by Gasteiger charge is -2.26. The molecule has 0 fully saturated rings. The van der Waals surface area contributed by atoms with Crippen LogP contribution < -0.4 is 14.8 Å². The summed E-state index contributed by atoms with van der Waals surface area (Å²) in [6.45, 7) is 0. The Morgan fingerprint density at radius 2 is 1.96 bits per heavy atom. The summed E-state index contributed by atoms with van der Waals surface area (Å²) in [6.07, 6.45) is 3.22. The Hall–Kier alpha value is -2.14. The third-order valence-corrected chi connectivity index (χ3v) is 5.42. The molecule has 0 heterocycles. The lowest BCUT2D eigenvalue weighted by atomic mass is 9.88. The molecule has 132 valence electrons. The minimum Gasteiger partial charge on any atom is -0.493 e. The second-order valence-corrected chi connectivity index (χ2v) is 7.07. The maximum Gasteiger partial charge on any atom is 0.230 e. The van der Waals surface area contributed by atoms with Gasteiger partial charge in [-0.1, -0.05) is 24.3 Å². The number of ether oxygens (including phenoxy) is 2. The van der Waals surface area contributed by atoms with E-state index in [4.69, 9.17) is 9.47 Å². The zero-order valence-electron chi connectivity index (χ0n) is 14.6. The molecule has 1 atom stereocenters. The number of benzene rings is 2. The summed E-state index contributed by atoms with van der Waals surface area (Å²) in [5.74, 6) is 1.81. The van der Waals surface area contributed by atoms with Crippen LogP contribution in [-0.2, 0) is 11.2 Å². The summed E-state index contributed by atoms with van der Waals surface area (Å²) in [5, 5.41) is 3.18. The van der Waals surface area contributed by atoms with Crippen LogP contribution in [0.3, 0.4) is 0 Å². The van der Waals surface area contributed by atoms with Gasteiger partial charge in [0.2, 0.25) is 5.91 Å². The molecule has 0 saturated heterocycles. The Kier molecular flexibility index (Phi) is 5.87. The number of nitrogens with one attached hydrogen (secondary N) is 1. The van der Waals surface area contributed by atoms with Crippen molar-refractivity contribution in [1.29, 1.82) is 0 Å². The monoisotopic (exact) mass is 357 g/mol. The van der Waals surface area contributed by atoms with Crippen molar-refractivity contribution >= 4 is 17.7 Å². The van der Waals surface area contributed by atoms with Gasteiger partial charge >= 0.3 is 0 Å². The van der Waals surface area contributed by atoms with E-state index >= 15 is 0 Å². The second-order valence-electron chi connectivity index (χ2n) is 6.02. The fraction of sp³-hybridized carbons (Fsp3) is 0.350. The van der Waals surface area contributed by atoms with Gasteiger partial charge in [0, 0.05) is 4.90 Å². The number of aryl methyl sites for hydroxylation is 1. The average molecular weight is 357 g/mol. The molecule has 0 aliphatic heterocycles. The van der Waals surface area contributed by atoms with E-state index < -0.39 is 0 Å². The number of rotatable bonds is 6. The van der Waals surface area contributed by atoms with E-state index in [1.807, 2.05) is 24.3 Å². The van der Waals surface area contributed by atoms with E-state index in [-0.39, 0.29) is 11.9 Å². The van der Waals surface area contributed by atoms with Gasteiger partial charge in [0.15, 0.2) is 11.5 Å². The van der Waals surface area contributed by atoms with Gasteiger partial charge in [0.25, 0.3) is 0 Å². The van der Waals surface area contributed by atoms with Crippen LogP contribution in [0, 0.1) is 0 Å². The molecular formula is C20H23NO3S. The lowest BCUT2D eigenvalue weighted by Crippen LogP contribution is -2.32. The molecule has 0 spiro atoms. The summed E-state index contributed by atoms with van der Waals surface area (Å²) in [7, 11) is 3.22. The topological polar surface area (TPSA) is 47.6 Å². The van der Waals surface area contributed by atoms with Crippen LogP contribution in [-0.4, -0.2) is 25.9 Å². The summed E-state index contributed by atoms with van der Waals surface area (Å²) < 4.78 is 10.5. The molecule has 5 heteroatoms. The number of carbonyl (C=O) groups excluding carboxylic acids is 1. The molecule has 25 heavy (non-hydrogen) atoms. The molecule has 0 saturated carbocycles. The van der Waals surface area contributed by atoms with Crippen LogP contribution in [0.2, 0.25) is 0 Å². The van der Waals surface area contributed by atoms with Crippen molar-refractivity contribution in [2.75, 3.05) is 20.0 Å². The number of fused-ring (bicyclic) bond motifs is 1. The Morgan fingerprint density at radius 1 is 1.16 bits per heavy atom. The first kappa shape index (κ1) is 17.7. The molecule has 0 aromatic heterocycles. The highest BCUT2D eigenvalue weighted by atomic mass is 32.2. The van der Waals surface area contributed by atoms with Crippen LogP contribution in [0.1, 0.15) is 30.0 Å². The number of hydrogen-bond donors (Lipinski definition) is 1. The largest absolute Gasteiger partial charge is 0.493 e. The predicted octanol–water partition coefficient (Wildman–Crippen LogP) is 3.99. The highest BCUT2D eigenvalue weighted by Gasteiger charge is 2.21. The normalized spacial score (nSPS) is 16.0. The average Bonchev–Trinajstić information content (AvgIpc) is 2.66. The van der Waals surface area contributed by atoms with Crippen molar-refractivity contribution in [2.45, 2.75) is 30.2 Å². The summed E-state index contributed by atoms with van der Waals surface area (Å²) in [6, 6.07) is 14.2. The van der Waals surface area contributed by atoms with Crippen molar-refractivity contribution in [1.82, 2.24) is 5.32 Å². The molecule has 2 aromatic carbocycles. The molecule has 1 aliphatic carbocycles. The van der Waals surface area contributed by atoms with E-state index in [1.165, 1.54) is 22.9 Å². The van der Waals surface area contributed by atoms with Gasteiger partial charge in [0.05, 0.1) is 26.0 Å². The minimum absolute atomic E-state index is 0.0569. The van der Waals surface area contributed by atoms with Crippen molar-refractivity contribution in [3.8, 4) is 11.5 Å². The van der Waals surface area contributed by atoms with Crippen LogP contribution in [0.25, 0.3) is 0 Å². The first-order valence-electron chi connectivity index (χ1n) is 8.43. The zero-order valence-corrected chi connectivity index (χ0v) is 15.4. The number of methoxy groups -OCH3 is 2. The number of carbonyl (C=O) groups is 1. The molecular weight excluding hydrogens is 334 g/mol. The lowest BCUT2D eigenvalue weighted by molar-refractivity contribution is -0.119. The first-order chi connectivity index (χ1) is 12.2. The molecule has 4 nitrogen and oxygen atoms in total. The van der Waals surface area contributed by atoms with E-state index in [9.17, 15) is 4.79 Å².